The van der Waals surface area contributed by atoms with E-state index in [-0.39, 0.29) is 11.4 Å². The fourth-order valence-electron chi connectivity index (χ4n) is 11.0. The van der Waals surface area contributed by atoms with Crippen molar-refractivity contribution in [3.63, 3.8) is 0 Å². The number of nitrogens with one attached hydrogen (secondary N) is 1. The minimum Gasteiger partial charge on any atom is -0.508 e. The molecule has 9 rings (SSSR count). The zero-order valence-electron chi connectivity index (χ0n) is 18.7. The van der Waals surface area contributed by atoms with Crippen LogP contribution >= 0.6 is 0 Å². The number of aromatic hydroxyl groups is 1. The smallest absolute Gasteiger partial charge is 0.317 e. The average Bonchev–Trinajstić information content (AvgIpc) is 3.65. The summed E-state index contributed by atoms with van der Waals surface area (Å²) in [4.78, 5) is 18.4. The predicted octanol–water partition coefficient (Wildman–Crippen LogP) is 3.25. The number of likely N-dealkylation sites (tertiary alicyclic amines) is 2. The molecule has 5 saturated carbocycles. The van der Waals surface area contributed by atoms with E-state index in [4.69, 9.17) is 0 Å². The second-order valence-corrected chi connectivity index (χ2v) is 12.9. The molecule has 1 aromatic carbocycles. The third-order valence-corrected chi connectivity index (χ3v) is 11.6. The Balaban J connectivity index is 1.18. The maximum Gasteiger partial charge on any atom is 0.317 e. The van der Waals surface area contributed by atoms with Gasteiger partial charge in [-0.3, -0.25) is 4.90 Å². The summed E-state index contributed by atoms with van der Waals surface area (Å²) in [6.07, 6.45) is 10.1. The molecule has 2 N–H and O–H groups in total. The Hall–Kier alpha value is -1.75. The van der Waals surface area contributed by atoms with E-state index in [1.54, 1.807) is 0 Å². The highest BCUT2D eigenvalue weighted by Crippen LogP contribution is 2.90. The van der Waals surface area contributed by atoms with Crippen molar-refractivity contribution in [1.29, 1.82) is 0 Å². The van der Waals surface area contributed by atoms with Gasteiger partial charge in [0.25, 0.3) is 0 Å². The van der Waals surface area contributed by atoms with Crippen LogP contribution in [-0.4, -0.2) is 58.7 Å². The Kier molecular flexibility index (Phi) is 2.85. The van der Waals surface area contributed by atoms with Crippen LogP contribution in [0.4, 0.5) is 4.79 Å². The first kappa shape index (κ1) is 17.7. The number of nitrogens with zero attached hydrogens (tertiary/aromatic N) is 2. The van der Waals surface area contributed by atoms with Crippen molar-refractivity contribution in [1.82, 2.24) is 15.1 Å². The molecule has 2 aliphatic heterocycles. The number of hydrogen-bond donors (Lipinski definition) is 2. The van der Waals surface area contributed by atoms with Crippen LogP contribution in [0.1, 0.15) is 56.1 Å². The lowest BCUT2D eigenvalue weighted by Gasteiger charge is -2.84. The van der Waals surface area contributed by atoms with E-state index >= 15 is 0 Å². The van der Waals surface area contributed by atoms with Gasteiger partial charge in [-0.2, -0.15) is 0 Å². The van der Waals surface area contributed by atoms with Crippen molar-refractivity contribution in [2.45, 2.75) is 74.9 Å². The van der Waals surface area contributed by atoms with Crippen molar-refractivity contribution in [3.8, 4) is 5.75 Å². The van der Waals surface area contributed by atoms with Crippen molar-refractivity contribution >= 4 is 6.03 Å². The molecule has 2 saturated heterocycles. The van der Waals surface area contributed by atoms with Gasteiger partial charge in [-0.25, -0.2) is 4.79 Å². The van der Waals surface area contributed by atoms with Gasteiger partial charge < -0.3 is 15.3 Å². The van der Waals surface area contributed by atoms with Gasteiger partial charge in [0.1, 0.15) is 5.75 Å². The highest BCUT2D eigenvalue weighted by atomic mass is 16.3. The molecule has 2 amide bonds. The van der Waals surface area contributed by atoms with Gasteiger partial charge in [-0.05, 0) is 97.8 Å². The summed E-state index contributed by atoms with van der Waals surface area (Å²) >= 11 is 0. The molecule has 168 valence electrons. The number of benzene rings is 1. The summed E-state index contributed by atoms with van der Waals surface area (Å²) in [6.45, 7) is 3.52. The minimum atomic E-state index is 0.195. The first-order valence-electron chi connectivity index (χ1n) is 13.2. The third kappa shape index (κ3) is 1.66. The molecule has 7 fully saturated rings. The van der Waals surface area contributed by atoms with E-state index in [1.165, 1.54) is 62.7 Å². The second kappa shape index (κ2) is 5.16. The van der Waals surface area contributed by atoms with Crippen LogP contribution in [0, 0.1) is 28.6 Å². The van der Waals surface area contributed by atoms with Crippen LogP contribution in [0.3, 0.4) is 0 Å². The van der Waals surface area contributed by atoms with Crippen LogP contribution in [-0.2, 0) is 11.8 Å². The summed E-state index contributed by atoms with van der Waals surface area (Å²) in [5.74, 6) is 2.60. The summed E-state index contributed by atoms with van der Waals surface area (Å²) in [5.41, 5.74) is 3.92. The molecule has 7 atom stereocenters. The minimum absolute atomic E-state index is 0.195. The molecule has 1 aromatic rings. The molecular formula is C27H33N3O2. The number of rotatable bonds is 3. The van der Waals surface area contributed by atoms with Gasteiger partial charge in [0.05, 0.1) is 0 Å². The molecule has 6 aliphatic carbocycles. The van der Waals surface area contributed by atoms with Crippen molar-refractivity contribution in [3.05, 3.63) is 29.3 Å². The maximum absolute atomic E-state index is 13.2. The van der Waals surface area contributed by atoms with Crippen LogP contribution in [0.25, 0.3) is 0 Å². The number of urea groups is 1. The van der Waals surface area contributed by atoms with E-state index in [1.807, 2.05) is 6.07 Å². The van der Waals surface area contributed by atoms with Crippen LogP contribution < -0.4 is 5.32 Å². The van der Waals surface area contributed by atoms with E-state index in [0.717, 1.165) is 31.3 Å². The van der Waals surface area contributed by atoms with Gasteiger partial charge >= 0.3 is 6.03 Å². The monoisotopic (exact) mass is 431 g/mol. The average molecular weight is 432 g/mol. The Morgan fingerprint density at radius 3 is 2.84 bits per heavy atom. The van der Waals surface area contributed by atoms with Gasteiger partial charge in [0, 0.05) is 48.6 Å². The molecule has 0 radical (unpaired) electrons. The number of phenolic OH excluding ortho intramolecular Hbond substituents is 1. The molecule has 0 aromatic heterocycles. The highest BCUT2D eigenvalue weighted by Gasteiger charge is 2.93. The molecule has 8 aliphatic rings. The molecule has 2 spiro atoms. The zero-order valence-corrected chi connectivity index (χ0v) is 18.7. The van der Waals surface area contributed by atoms with Crippen molar-refractivity contribution < 1.29 is 9.90 Å². The quantitative estimate of drug-likeness (QED) is 0.773. The zero-order chi connectivity index (χ0) is 21.0. The van der Waals surface area contributed by atoms with E-state index in [9.17, 15) is 9.90 Å². The van der Waals surface area contributed by atoms with Crippen LogP contribution in [0.15, 0.2) is 18.2 Å². The van der Waals surface area contributed by atoms with E-state index < -0.39 is 0 Å². The molecule has 32 heavy (non-hydrogen) atoms. The van der Waals surface area contributed by atoms with Crippen LogP contribution in [0.2, 0.25) is 0 Å². The lowest BCUT2D eigenvalue weighted by Crippen LogP contribution is -2.91. The first-order chi connectivity index (χ1) is 15.6. The van der Waals surface area contributed by atoms with Crippen molar-refractivity contribution in [2.24, 2.45) is 28.6 Å². The summed E-state index contributed by atoms with van der Waals surface area (Å²) in [5, 5.41) is 13.9. The standard InChI is InChI=1S/C27H33N3O2/c31-19-6-3-16-10-26-14-29(12-15-1-2-15)23(26)25-8-7-21-22(27(25,26)20(16)9-19)17(11-25)13-30(21)24(32)28-18-4-5-18/h3,6,9,15,17-18,21-23,31H,1-2,4-5,7-8,10-14H2,(H,28,32)/t17-,21?,22?,23?,25?,26?,27?/m1/s1. The summed E-state index contributed by atoms with van der Waals surface area (Å²) in [7, 11) is 0. The molecule has 2 bridgehead atoms. The Morgan fingerprint density at radius 2 is 2.03 bits per heavy atom. The highest BCUT2D eigenvalue weighted by molar-refractivity contribution is 5.76. The van der Waals surface area contributed by atoms with Gasteiger partial charge in [-0.15, -0.1) is 0 Å². The van der Waals surface area contributed by atoms with Crippen molar-refractivity contribution in [2.75, 3.05) is 19.6 Å². The number of hydrogen-bond acceptors (Lipinski definition) is 3. The van der Waals surface area contributed by atoms with Gasteiger partial charge in [0.2, 0.25) is 0 Å². The normalized spacial score (nSPS) is 48.9. The number of fused-ring (bicyclic) bond motifs is 1. The predicted molar refractivity (Wildman–Crippen MR) is 119 cm³/mol. The first-order valence-corrected chi connectivity index (χ1v) is 13.2. The lowest BCUT2D eigenvalue weighted by atomic mass is 9.27. The fourth-order valence-corrected chi connectivity index (χ4v) is 11.0. The Morgan fingerprint density at radius 1 is 1.16 bits per heavy atom. The number of piperidine rings is 1. The molecule has 6 unspecified atom stereocenters. The SMILES string of the molecule is O=C(NC1CC1)N1C[C@H]2CC34CCC1C2C31c2cc(O)ccc2CC12CN(CC1CC1)C42. The summed E-state index contributed by atoms with van der Waals surface area (Å²) < 4.78 is 0. The molecule has 5 heteroatoms. The maximum atomic E-state index is 13.2. The van der Waals surface area contributed by atoms with Crippen LogP contribution in [0.5, 0.6) is 5.75 Å². The number of phenols is 1. The molecule has 5 nitrogen and oxygen atoms in total. The topological polar surface area (TPSA) is 55.8 Å². The van der Waals surface area contributed by atoms with E-state index in [0.29, 0.717) is 40.5 Å². The lowest BCUT2D eigenvalue weighted by molar-refractivity contribution is -0.322. The summed E-state index contributed by atoms with van der Waals surface area (Å²) in [6, 6.07) is 8.05. The largest absolute Gasteiger partial charge is 0.508 e. The number of carbonyl (C=O) groups is 1. The fraction of sp³-hybridized carbons (Fsp3) is 0.741. The van der Waals surface area contributed by atoms with Gasteiger partial charge in [0.15, 0.2) is 0 Å². The third-order valence-electron chi connectivity index (χ3n) is 11.6. The molecular weight excluding hydrogens is 398 g/mol. The Bertz CT molecular complexity index is 1080. The van der Waals surface area contributed by atoms with E-state index in [2.05, 4.69) is 27.2 Å². The number of carbonyl (C=O) groups excluding carboxylic acids is 1. The number of amides is 2. The second-order valence-electron chi connectivity index (χ2n) is 12.9. The molecule has 2 heterocycles. The van der Waals surface area contributed by atoms with Gasteiger partial charge in [-0.1, -0.05) is 6.07 Å². The Labute approximate surface area is 189 Å².